The van der Waals surface area contributed by atoms with Crippen molar-refractivity contribution in [3.8, 4) is 11.3 Å². The first-order valence-electron chi connectivity index (χ1n) is 12.4. The molecule has 5 aromatic rings. The number of fused-ring (bicyclic) bond motifs is 2. The molecule has 4 heterocycles. The average molecular weight is 556 g/mol. The van der Waals surface area contributed by atoms with E-state index in [0.29, 0.717) is 28.7 Å². The molecule has 0 aliphatic heterocycles. The number of hydrogen-bond donors (Lipinski definition) is 2. The molecule has 0 amide bonds. The standard InChI is InChI=1S/C26H24F3N7O2S/c1-39(37,38)21-10-5-11-36-23(34-35-24(21)36)15-6-4-7-16(12-15)32-25-31-14-19(26(27,28)29)22(33-25)18-13-30-20-9-3-2-8-17(18)20/h2-3,5,8-11,13-16,30H,4,6-7,12H2,1H3,(H,31,32,33). The molecule has 1 aliphatic rings. The summed E-state index contributed by atoms with van der Waals surface area (Å²) in [5.74, 6) is 0.720. The molecule has 1 aromatic carbocycles. The van der Waals surface area contributed by atoms with Gasteiger partial charge in [0.1, 0.15) is 16.3 Å². The lowest BCUT2D eigenvalue weighted by atomic mass is 9.85. The third-order valence-corrected chi connectivity index (χ3v) is 8.25. The first kappa shape index (κ1) is 25.3. The monoisotopic (exact) mass is 555 g/mol. The van der Waals surface area contributed by atoms with E-state index >= 15 is 0 Å². The number of para-hydroxylation sites is 1. The number of sulfone groups is 1. The highest BCUT2D eigenvalue weighted by Crippen LogP contribution is 2.39. The Hall–Kier alpha value is -4.00. The van der Waals surface area contributed by atoms with E-state index in [9.17, 15) is 21.6 Å². The van der Waals surface area contributed by atoms with Crippen molar-refractivity contribution in [3.63, 3.8) is 0 Å². The Morgan fingerprint density at radius 2 is 1.92 bits per heavy atom. The lowest BCUT2D eigenvalue weighted by Crippen LogP contribution is -2.28. The number of halogens is 3. The molecule has 13 heteroatoms. The first-order valence-corrected chi connectivity index (χ1v) is 14.3. The van der Waals surface area contributed by atoms with E-state index in [0.717, 1.165) is 31.7 Å². The summed E-state index contributed by atoms with van der Waals surface area (Å²) in [5, 5.41) is 12.3. The van der Waals surface area contributed by atoms with Gasteiger partial charge in [0, 0.05) is 53.3 Å². The molecule has 1 saturated carbocycles. The second kappa shape index (κ2) is 9.33. The van der Waals surface area contributed by atoms with E-state index in [2.05, 4.69) is 30.5 Å². The van der Waals surface area contributed by atoms with Crippen LogP contribution in [0.25, 0.3) is 27.8 Å². The topological polar surface area (TPSA) is 118 Å². The fourth-order valence-electron chi connectivity index (χ4n) is 5.35. The normalized spacial score (nSPS) is 18.6. The van der Waals surface area contributed by atoms with E-state index in [4.69, 9.17) is 0 Å². The molecule has 2 N–H and O–H groups in total. The quantitative estimate of drug-likeness (QED) is 0.305. The Balaban J connectivity index is 1.30. The average Bonchev–Trinajstić information content (AvgIpc) is 3.52. The van der Waals surface area contributed by atoms with Gasteiger partial charge < -0.3 is 10.3 Å². The number of alkyl halides is 3. The van der Waals surface area contributed by atoms with Crippen LogP contribution in [-0.4, -0.2) is 50.3 Å². The number of pyridine rings is 1. The number of benzene rings is 1. The van der Waals surface area contributed by atoms with Crippen LogP contribution in [0, 0.1) is 0 Å². The van der Waals surface area contributed by atoms with Crippen LogP contribution in [0.15, 0.2) is 59.9 Å². The SMILES string of the molecule is CS(=O)(=O)c1cccn2c(C3CCCC(Nc4ncc(C(F)(F)F)c(-c5c[nH]c6ccccc56)n4)C3)nnc12. The number of hydrogen-bond acceptors (Lipinski definition) is 7. The second-order valence-corrected chi connectivity index (χ2v) is 11.8. The summed E-state index contributed by atoms with van der Waals surface area (Å²) in [7, 11) is -3.48. The Morgan fingerprint density at radius 3 is 2.72 bits per heavy atom. The van der Waals surface area contributed by atoms with Crippen molar-refractivity contribution in [2.75, 3.05) is 11.6 Å². The summed E-state index contributed by atoms with van der Waals surface area (Å²) in [6.45, 7) is 0. The van der Waals surface area contributed by atoms with Crippen LogP contribution in [0.3, 0.4) is 0 Å². The predicted molar refractivity (Wildman–Crippen MR) is 139 cm³/mol. The molecule has 4 aromatic heterocycles. The maximum atomic E-state index is 13.9. The van der Waals surface area contributed by atoms with Gasteiger partial charge in [-0.05, 0) is 37.5 Å². The summed E-state index contributed by atoms with van der Waals surface area (Å²) >= 11 is 0. The van der Waals surface area contributed by atoms with Crippen molar-refractivity contribution in [1.82, 2.24) is 29.5 Å². The molecule has 0 bridgehead atoms. The van der Waals surface area contributed by atoms with Crippen molar-refractivity contribution in [3.05, 3.63) is 66.4 Å². The van der Waals surface area contributed by atoms with E-state index in [1.54, 1.807) is 40.9 Å². The predicted octanol–water partition coefficient (Wildman–Crippen LogP) is 5.23. The fourth-order valence-corrected chi connectivity index (χ4v) is 6.14. The van der Waals surface area contributed by atoms with Gasteiger partial charge in [-0.3, -0.25) is 4.40 Å². The number of aromatic nitrogens is 6. The summed E-state index contributed by atoms with van der Waals surface area (Å²) in [6, 6.07) is 10.1. The zero-order chi connectivity index (χ0) is 27.4. The third kappa shape index (κ3) is 4.71. The number of rotatable bonds is 5. The molecule has 9 nitrogen and oxygen atoms in total. The van der Waals surface area contributed by atoms with Crippen molar-refractivity contribution >= 4 is 32.3 Å². The number of nitrogens with zero attached hydrogens (tertiary/aromatic N) is 5. The van der Waals surface area contributed by atoms with Crippen molar-refractivity contribution < 1.29 is 21.6 Å². The van der Waals surface area contributed by atoms with E-state index < -0.39 is 21.6 Å². The lowest BCUT2D eigenvalue weighted by Gasteiger charge is -2.29. The zero-order valence-electron chi connectivity index (χ0n) is 20.8. The van der Waals surface area contributed by atoms with Gasteiger partial charge in [-0.25, -0.2) is 18.4 Å². The smallest absolute Gasteiger partial charge is 0.360 e. The number of aromatic amines is 1. The first-order chi connectivity index (χ1) is 18.6. The van der Waals surface area contributed by atoms with Gasteiger partial charge in [0.2, 0.25) is 5.95 Å². The highest BCUT2D eigenvalue weighted by molar-refractivity contribution is 7.90. The van der Waals surface area contributed by atoms with Gasteiger partial charge in [-0.1, -0.05) is 24.6 Å². The van der Waals surface area contributed by atoms with Crippen LogP contribution in [0.5, 0.6) is 0 Å². The summed E-state index contributed by atoms with van der Waals surface area (Å²) in [4.78, 5) is 11.5. The molecular weight excluding hydrogens is 531 g/mol. The molecule has 1 fully saturated rings. The molecule has 202 valence electrons. The van der Waals surface area contributed by atoms with Gasteiger partial charge in [0.05, 0.1) is 5.69 Å². The molecule has 2 unspecified atom stereocenters. The summed E-state index contributed by atoms with van der Waals surface area (Å²) in [5.41, 5.74) is 0.238. The van der Waals surface area contributed by atoms with Crippen LogP contribution >= 0.6 is 0 Å². The second-order valence-electron chi connectivity index (χ2n) is 9.80. The van der Waals surface area contributed by atoms with E-state index in [1.807, 2.05) is 0 Å². The van der Waals surface area contributed by atoms with Crippen LogP contribution in [0.1, 0.15) is 43.0 Å². The van der Waals surface area contributed by atoms with E-state index in [-0.39, 0.29) is 34.1 Å². The molecule has 2 atom stereocenters. The van der Waals surface area contributed by atoms with Crippen molar-refractivity contribution in [2.24, 2.45) is 0 Å². The Bertz CT molecular complexity index is 1800. The molecule has 1 aliphatic carbocycles. The minimum atomic E-state index is -4.62. The number of H-pyrrole nitrogens is 1. The molecule has 39 heavy (non-hydrogen) atoms. The molecule has 6 rings (SSSR count). The van der Waals surface area contributed by atoms with Crippen molar-refractivity contribution in [1.29, 1.82) is 0 Å². The minimum Gasteiger partial charge on any atom is -0.360 e. The van der Waals surface area contributed by atoms with Crippen molar-refractivity contribution in [2.45, 2.75) is 48.7 Å². The highest BCUT2D eigenvalue weighted by atomic mass is 32.2. The number of anilines is 1. The van der Waals surface area contributed by atoms with E-state index in [1.165, 1.54) is 12.3 Å². The lowest BCUT2D eigenvalue weighted by molar-refractivity contribution is -0.137. The fraction of sp³-hybridized carbons (Fsp3) is 0.308. The molecular formula is C26H24F3N7O2S. The van der Waals surface area contributed by atoms with Gasteiger partial charge in [-0.15, -0.1) is 10.2 Å². The minimum absolute atomic E-state index is 0.0383. The summed E-state index contributed by atoms with van der Waals surface area (Å²) in [6.07, 6.45) is 3.63. The van der Waals surface area contributed by atoms with Gasteiger partial charge in [0.25, 0.3) is 0 Å². The van der Waals surface area contributed by atoms with Gasteiger partial charge >= 0.3 is 6.18 Å². The van der Waals surface area contributed by atoms with Gasteiger partial charge in [-0.2, -0.15) is 13.2 Å². The van der Waals surface area contributed by atoms with Crippen LogP contribution < -0.4 is 5.32 Å². The zero-order valence-corrected chi connectivity index (χ0v) is 21.6. The van der Waals surface area contributed by atoms with Crippen LogP contribution in [0.4, 0.5) is 19.1 Å². The maximum absolute atomic E-state index is 13.9. The maximum Gasteiger partial charge on any atom is 0.419 e. The Labute approximate surface area is 221 Å². The Kier molecular flexibility index (Phi) is 6.05. The highest BCUT2D eigenvalue weighted by Gasteiger charge is 2.36. The van der Waals surface area contributed by atoms with Gasteiger partial charge in [0.15, 0.2) is 15.5 Å². The van der Waals surface area contributed by atoms with Crippen LogP contribution in [0.2, 0.25) is 0 Å². The Morgan fingerprint density at radius 1 is 1.10 bits per heavy atom. The molecule has 0 radical (unpaired) electrons. The van der Waals surface area contributed by atoms with Crippen LogP contribution in [-0.2, 0) is 16.0 Å². The third-order valence-electron chi connectivity index (χ3n) is 7.14. The molecule has 0 saturated heterocycles. The summed E-state index contributed by atoms with van der Waals surface area (Å²) < 4.78 is 67.8. The number of nitrogens with one attached hydrogen (secondary N) is 2. The largest absolute Gasteiger partial charge is 0.419 e. The molecule has 0 spiro atoms.